The summed E-state index contributed by atoms with van der Waals surface area (Å²) in [5, 5.41) is 17.0. The highest BCUT2D eigenvalue weighted by molar-refractivity contribution is 5.91. The molecule has 8 heteroatoms. The summed E-state index contributed by atoms with van der Waals surface area (Å²) < 4.78 is 0. The van der Waals surface area contributed by atoms with Crippen LogP contribution in [-0.4, -0.2) is 50.3 Å². The van der Waals surface area contributed by atoms with E-state index in [9.17, 15) is 4.79 Å². The fourth-order valence-electron chi connectivity index (χ4n) is 1.38. The van der Waals surface area contributed by atoms with E-state index in [1.165, 1.54) is 11.2 Å². The van der Waals surface area contributed by atoms with Crippen molar-refractivity contribution in [1.82, 2.24) is 30.3 Å². The smallest absolute Gasteiger partial charge is 0.274 e. The van der Waals surface area contributed by atoms with Crippen LogP contribution in [0.3, 0.4) is 0 Å². The molecule has 8 nitrogen and oxygen atoms in total. The Morgan fingerprint density at radius 3 is 2.83 bits per heavy atom. The van der Waals surface area contributed by atoms with E-state index in [4.69, 9.17) is 0 Å². The molecule has 0 bridgehead atoms. The molecule has 0 aliphatic rings. The molecule has 0 aliphatic carbocycles. The van der Waals surface area contributed by atoms with Gasteiger partial charge < -0.3 is 10.2 Å². The first-order valence-electron chi connectivity index (χ1n) is 5.32. The van der Waals surface area contributed by atoms with Gasteiger partial charge in [0, 0.05) is 14.1 Å². The molecule has 0 atom stereocenters. The van der Waals surface area contributed by atoms with E-state index in [2.05, 4.69) is 30.7 Å². The number of hydrogen-bond acceptors (Lipinski definition) is 6. The molecule has 0 spiro atoms. The van der Waals surface area contributed by atoms with Crippen molar-refractivity contribution in [2.24, 2.45) is 0 Å². The number of H-pyrrole nitrogens is 1. The van der Waals surface area contributed by atoms with Crippen molar-refractivity contribution < 1.29 is 4.79 Å². The lowest BCUT2D eigenvalue weighted by molar-refractivity contribution is 0.0774. The Kier molecular flexibility index (Phi) is 3.46. The summed E-state index contributed by atoms with van der Waals surface area (Å²) in [5.41, 5.74) is 0.288. The molecule has 1 amide bonds. The SMILES string of the molecule is CNc1ccc(C(=O)N(C)Cc2ncn[nH]2)nn1. The predicted molar refractivity (Wildman–Crippen MR) is 63.8 cm³/mol. The lowest BCUT2D eigenvalue weighted by Gasteiger charge is -2.14. The van der Waals surface area contributed by atoms with Gasteiger partial charge in [-0.25, -0.2) is 4.98 Å². The minimum Gasteiger partial charge on any atom is -0.372 e. The molecule has 2 aromatic rings. The maximum absolute atomic E-state index is 12.0. The standard InChI is InChI=1S/C10H13N7O/c1-11-8-4-3-7(14-16-8)10(18)17(2)5-9-12-6-13-15-9/h3-4,6H,5H2,1-2H3,(H,11,16)(H,12,13,15). The van der Waals surface area contributed by atoms with E-state index < -0.39 is 0 Å². The monoisotopic (exact) mass is 247 g/mol. The van der Waals surface area contributed by atoms with Gasteiger partial charge in [-0.05, 0) is 12.1 Å². The normalized spacial score (nSPS) is 10.1. The second-order valence-corrected chi connectivity index (χ2v) is 3.65. The third kappa shape index (κ3) is 2.59. The number of nitrogens with zero attached hydrogens (tertiary/aromatic N) is 5. The van der Waals surface area contributed by atoms with Gasteiger partial charge in [0.2, 0.25) is 0 Å². The first-order valence-corrected chi connectivity index (χ1v) is 5.32. The van der Waals surface area contributed by atoms with Gasteiger partial charge in [0.1, 0.15) is 18.0 Å². The molecule has 2 aromatic heterocycles. The Balaban J connectivity index is 2.05. The molecule has 2 N–H and O–H groups in total. The average molecular weight is 247 g/mol. The van der Waals surface area contributed by atoms with Crippen LogP contribution in [0, 0.1) is 0 Å². The molecule has 94 valence electrons. The Hall–Kier alpha value is -2.51. The van der Waals surface area contributed by atoms with E-state index in [-0.39, 0.29) is 11.6 Å². The van der Waals surface area contributed by atoms with E-state index >= 15 is 0 Å². The van der Waals surface area contributed by atoms with Gasteiger partial charge in [0.25, 0.3) is 5.91 Å². The number of rotatable bonds is 4. The lowest BCUT2D eigenvalue weighted by atomic mass is 10.3. The zero-order valence-corrected chi connectivity index (χ0v) is 10.1. The number of anilines is 1. The van der Waals surface area contributed by atoms with Gasteiger partial charge in [-0.2, -0.15) is 5.10 Å². The van der Waals surface area contributed by atoms with Gasteiger partial charge in [0.15, 0.2) is 5.69 Å². The maximum Gasteiger partial charge on any atom is 0.274 e. The van der Waals surface area contributed by atoms with Crippen LogP contribution in [0.15, 0.2) is 18.5 Å². The number of aromatic amines is 1. The zero-order chi connectivity index (χ0) is 13.0. The Bertz CT molecular complexity index is 508. The maximum atomic E-state index is 12.0. The minimum absolute atomic E-state index is 0.221. The van der Waals surface area contributed by atoms with Crippen LogP contribution in [0.4, 0.5) is 5.82 Å². The first kappa shape index (κ1) is 12.0. The Labute approximate surface area is 103 Å². The summed E-state index contributed by atoms with van der Waals surface area (Å²) in [6.07, 6.45) is 1.40. The summed E-state index contributed by atoms with van der Waals surface area (Å²) in [4.78, 5) is 17.5. The molecular formula is C10H13N7O. The van der Waals surface area contributed by atoms with Gasteiger partial charge in [0.05, 0.1) is 6.54 Å². The van der Waals surface area contributed by atoms with Crippen LogP contribution >= 0.6 is 0 Å². The summed E-state index contributed by atoms with van der Waals surface area (Å²) in [5.74, 6) is 1.01. The second-order valence-electron chi connectivity index (χ2n) is 3.65. The molecule has 0 unspecified atom stereocenters. The van der Waals surface area contributed by atoms with E-state index in [1.807, 2.05) is 0 Å². The van der Waals surface area contributed by atoms with Crippen LogP contribution < -0.4 is 5.32 Å². The molecule has 0 aromatic carbocycles. The average Bonchev–Trinajstić information content (AvgIpc) is 2.91. The van der Waals surface area contributed by atoms with E-state index in [0.29, 0.717) is 18.2 Å². The van der Waals surface area contributed by atoms with Gasteiger partial charge in [-0.15, -0.1) is 10.2 Å². The van der Waals surface area contributed by atoms with Crippen LogP contribution in [0.25, 0.3) is 0 Å². The number of aromatic nitrogens is 5. The summed E-state index contributed by atoms with van der Waals surface area (Å²) in [7, 11) is 3.40. The fourth-order valence-corrected chi connectivity index (χ4v) is 1.38. The van der Waals surface area contributed by atoms with Crippen LogP contribution in [-0.2, 0) is 6.54 Å². The Morgan fingerprint density at radius 1 is 1.44 bits per heavy atom. The highest BCUT2D eigenvalue weighted by Crippen LogP contribution is 2.05. The molecule has 18 heavy (non-hydrogen) atoms. The first-order chi connectivity index (χ1) is 8.70. The Morgan fingerprint density at radius 2 is 2.28 bits per heavy atom. The van der Waals surface area contributed by atoms with Crippen molar-refractivity contribution in [1.29, 1.82) is 0 Å². The number of hydrogen-bond donors (Lipinski definition) is 2. The predicted octanol–water partition coefficient (Wildman–Crippen LogP) is -0.0914. The van der Waals surface area contributed by atoms with Crippen molar-refractivity contribution in [3.63, 3.8) is 0 Å². The molecular weight excluding hydrogens is 234 g/mol. The third-order valence-corrected chi connectivity index (χ3v) is 2.34. The quantitative estimate of drug-likeness (QED) is 0.783. The van der Waals surface area contributed by atoms with Crippen molar-refractivity contribution in [3.05, 3.63) is 30.0 Å². The highest BCUT2D eigenvalue weighted by atomic mass is 16.2. The fraction of sp³-hybridized carbons (Fsp3) is 0.300. The molecule has 2 heterocycles. The summed E-state index contributed by atoms with van der Waals surface area (Å²) in [6.45, 7) is 0.342. The largest absolute Gasteiger partial charge is 0.372 e. The summed E-state index contributed by atoms with van der Waals surface area (Å²) >= 11 is 0. The third-order valence-electron chi connectivity index (χ3n) is 2.34. The molecule has 0 radical (unpaired) electrons. The lowest BCUT2D eigenvalue weighted by Crippen LogP contribution is -2.27. The van der Waals surface area contributed by atoms with Crippen molar-refractivity contribution in [2.45, 2.75) is 6.54 Å². The van der Waals surface area contributed by atoms with Crippen LogP contribution in [0.5, 0.6) is 0 Å². The van der Waals surface area contributed by atoms with Crippen LogP contribution in [0.2, 0.25) is 0 Å². The number of amides is 1. The highest BCUT2D eigenvalue weighted by Gasteiger charge is 2.14. The van der Waals surface area contributed by atoms with Crippen molar-refractivity contribution >= 4 is 11.7 Å². The zero-order valence-electron chi connectivity index (χ0n) is 10.1. The summed E-state index contributed by atoms with van der Waals surface area (Å²) in [6, 6.07) is 3.32. The van der Waals surface area contributed by atoms with Crippen LogP contribution in [0.1, 0.15) is 16.3 Å². The van der Waals surface area contributed by atoms with E-state index in [0.717, 1.165) is 0 Å². The van der Waals surface area contributed by atoms with Gasteiger partial charge >= 0.3 is 0 Å². The topological polar surface area (TPSA) is 99.7 Å². The van der Waals surface area contributed by atoms with Crippen molar-refractivity contribution in [2.75, 3.05) is 19.4 Å². The molecule has 0 saturated heterocycles. The molecule has 0 fully saturated rings. The second kappa shape index (κ2) is 5.21. The van der Waals surface area contributed by atoms with Crippen molar-refractivity contribution in [3.8, 4) is 0 Å². The molecule has 0 saturated carbocycles. The number of nitrogens with one attached hydrogen (secondary N) is 2. The number of carbonyl (C=O) groups excluding carboxylic acids is 1. The van der Waals surface area contributed by atoms with Gasteiger partial charge in [-0.3, -0.25) is 9.89 Å². The minimum atomic E-state index is -0.221. The number of carbonyl (C=O) groups is 1. The molecule has 0 aliphatic heterocycles. The van der Waals surface area contributed by atoms with Gasteiger partial charge in [-0.1, -0.05) is 0 Å². The van der Waals surface area contributed by atoms with E-state index in [1.54, 1.807) is 26.2 Å². The molecule has 2 rings (SSSR count).